The van der Waals surface area contributed by atoms with Crippen LogP contribution in [0.2, 0.25) is 0 Å². The van der Waals surface area contributed by atoms with Crippen molar-refractivity contribution in [3.05, 3.63) is 39.8 Å². The zero-order chi connectivity index (χ0) is 46.1. The van der Waals surface area contributed by atoms with E-state index in [0.29, 0.717) is 43.2 Å². The van der Waals surface area contributed by atoms with Gasteiger partial charge in [-0.1, -0.05) is 47.1 Å². The summed E-state index contributed by atoms with van der Waals surface area (Å²) in [6.45, 7) is 13.2. The molecule has 6 atom stereocenters. The fraction of sp³-hybridized carbons (Fsp3) is 0.628. The van der Waals surface area contributed by atoms with Crippen molar-refractivity contribution >= 4 is 71.1 Å². The Labute approximate surface area is 374 Å². The fourth-order valence-electron chi connectivity index (χ4n) is 7.08. The Bertz CT molecular complexity index is 1860. The predicted octanol–water partition coefficient (Wildman–Crippen LogP) is 3.57. The Balaban J connectivity index is 1.80. The number of phenols is 1. The highest BCUT2D eigenvalue weighted by molar-refractivity contribution is 7.81. The number of carbonyl (C=O) groups is 7. The number of anilines is 1. The number of phenolic OH excluding ortho intramolecular Hbond substituents is 1. The largest absolute Gasteiger partial charge is 0.506 e. The summed E-state index contributed by atoms with van der Waals surface area (Å²) in [7, 11) is 1.76. The number of rotatable bonds is 26. The number of amides is 6. The van der Waals surface area contributed by atoms with Gasteiger partial charge >= 0.3 is 5.97 Å². The predicted molar refractivity (Wildman–Crippen MR) is 240 cm³/mol. The van der Waals surface area contributed by atoms with E-state index in [-0.39, 0.29) is 104 Å². The van der Waals surface area contributed by atoms with Crippen LogP contribution in [0.4, 0.5) is 5.69 Å². The van der Waals surface area contributed by atoms with Crippen LogP contribution in [0, 0.1) is 17.8 Å². The van der Waals surface area contributed by atoms with Crippen LogP contribution in [0.1, 0.15) is 114 Å². The zero-order valence-corrected chi connectivity index (χ0v) is 38.7. The second-order valence-corrected chi connectivity index (χ2v) is 17.9. The first-order valence-electron chi connectivity index (χ1n) is 21.4. The zero-order valence-electron chi connectivity index (χ0n) is 37.0. The molecule has 0 aliphatic carbocycles. The lowest BCUT2D eigenvalue weighted by Gasteiger charge is -2.34. The number of benzene rings is 1. The van der Waals surface area contributed by atoms with Crippen molar-refractivity contribution in [3.8, 4) is 5.75 Å². The molecule has 1 saturated heterocycles. The maximum absolute atomic E-state index is 13.9. The van der Waals surface area contributed by atoms with E-state index in [2.05, 4.69) is 38.9 Å². The molecule has 0 saturated carbocycles. The summed E-state index contributed by atoms with van der Waals surface area (Å²) in [5.41, 5.74) is 6.38. The first-order valence-corrected chi connectivity index (χ1v) is 22.8. The summed E-state index contributed by atoms with van der Waals surface area (Å²) < 4.78 is 5.74. The van der Waals surface area contributed by atoms with Crippen molar-refractivity contribution in [2.24, 2.45) is 23.5 Å². The molecule has 0 bridgehead atoms. The van der Waals surface area contributed by atoms with Crippen molar-refractivity contribution in [1.82, 2.24) is 30.7 Å². The number of thiazole rings is 1. The second kappa shape index (κ2) is 25.5. The van der Waals surface area contributed by atoms with Crippen molar-refractivity contribution in [2.75, 3.05) is 45.1 Å². The average molecular weight is 903 g/mol. The minimum atomic E-state index is -0.819. The highest BCUT2D eigenvalue weighted by atomic mass is 32.1. The molecule has 62 heavy (non-hydrogen) atoms. The lowest BCUT2D eigenvalue weighted by atomic mass is 9.95. The van der Waals surface area contributed by atoms with Gasteiger partial charge in [0, 0.05) is 95.8 Å². The number of likely N-dealkylation sites (tertiary alicyclic amines) is 1. The fourth-order valence-corrected chi connectivity index (χ4v) is 8.21. The maximum atomic E-state index is 13.9. The first-order chi connectivity index (χ1) is 29.3. The molecule has 3 rings (SSSR count). The molecule has 1 aliphatic rings. The van der Waals surface area contributed by atoms with Gasteiger partial charge in [0.25, 0.3) is 5.91 Å². The minimum Gasteiger partial charge on any atom is -0.506 e. The molecule has 2 heterocycles. The number of thiol groups is 1. The topological polar surface area (TPSA) is 242 Å². The summed E-state index contributed by atoms with van der Waals surface area (Å²) in [5, 5.41) is 23.7. The summed E-state index contributed by atoms with van der Waals surface area (Å²) in [6.07, 6.45) is 1.36. The number of nitrogens with one attached hydrogen (secondary N) is 4. The van der Waals surface area contributed by atoms with Gasteiger partial charge in [0.1, 0.15) is 16.5 Å². The number of hydrogen-bond acceptors (Lipinski definition) is 14. The number of nitrogens with two attached hydrogens (primary N) is 1. The van der Waals surface area contributed by atoms with Crippen LogP contribution in [-0.2, 0) is 39.9 Å². The smallest absolute Gasteiger partial charge is 0.303 e. The van der Waals surface area contributed by atoms with Crippen LogP contribution >= 0.6 is 24.0 Å². The number of carbonyl (C=O) groups excluding carboxylic acids is 7. The number of ether oxygens (including phenoxy) is 1. The molecule has 0 spiro atoms. The van der Waals surface area contributed by atoms with Crippen LogP contribution in [0.15, 0.2) is 23.6 Å². The third kappa shape index (κ3) is 16.3. The number of hydrogen-bond donors (Lipinski definition) is 7. The molecule has 1 aromatic heterocycles. The van der Waals surface area contributed by atoms with E-state index < -0.39 is 41.1 Å². The summed E-state index contributed by atoms with van der Waals surface area (Å²) >= 11 is 5.29. The lowest BCUT2D eigenvalue weighted by molar-refractivity contribution is -0.148. The van der Waals surface area contributed by atoms with Gasteiger partial charge in [-0.3, -0.25) is 38.5 Å². The van der Waals surface area contributed by atoms with E-state index in [9.17, 15) is 38.7 Å². The van der Waals surface area contributed by atoms with Gasteiger partial charge in [0.15, 0.2) is 6.10 Å². The van der Waals surface area contributed by atoms with Crippen molar-refractivity contribution in [3.63, 3.8) is 0 Å². The highest BCUT2D eigenvalue weighted by Gasteiger charge is 2.36. The van der Waals surface area contributed by atoms with Gasteiger partial charge < -0.3 is 41.7 Å². The summed E-state index contributed by atoms with van der Waals surface area (Å²) in [6, 6.07) is 3.75. The number of nitrogens with zero attached hydrogens (tertiary/aromatic N) is 3. The molecule has 344 valence electrons. The molecule has 19 heteroatoms. The Kier molecular flexibility index (Phi) is 21.3. The van der Waals surface area contributed by atoms with Crippen molar-refractivity contribution < 1.29 is 43.4 Å². The van der Waals surface area contributed by atoms with Crippen molar-refractivity contribution in [2.45, 2.75) is 116 Å². The van der Waals surface area contributed by atoms with Gasteiger partial charge in [-0.25, -0.2) is 4.98 Å². The Morgan fingerprint density at radius 1 is 1.10 bits per heavy atom. The monoisotopic (exact) mass is 902 g/mol. The molecule has 6 amide bonds. The standard InChI is InChI=1S/C43H66N8O9S2/c1-8-26(4)18-38(55)50(7)33(25(2)3)22-35(60-28(6)52)42-49-32(24-62-42)41(58)47-30(19-27(5)40(57)46-16-15-45-14-13-44)20-29-11-12-34(53)31(21-29)48-37(54)10-9-17-51-39(56)23-36(61)43(51)59/h11-12,21,24-27,30,33,35-36,45,53,61H,8-10,13-20,22-23,44H2,1-7H3,(H,46,57)(H,47,58)(H,48,54)/t26-,27?,30+,33?,35+,36?/m0/s1. The molecule has 2 aromatic rings. The van der Waals surface area contributed by atoms with E-state index in [1.54, 1.807) is 36.4 Å². The lowest BCUT2D eigenvalue weighted by Crippen LogP contribution is -2.42. The van der Waals surface area contributed by atoms with E-state index in [1.807, 2.05) is 27.7 Å². The first kappa shape index (κ1) is 51.8. The Morgan fingerprint density at radius 2 is 1.82 bits per heavy atom. The minimum absolute atomic E-state index is 0.00278. The van der Waals surface area contributed by atoms with Gasteiger partial charge in [0.2, 0.25) is 29.5 Å². The van der Waals surface area contributed by atoms with Crippen LogP contribution in [0.5, 0.6) is 5.75 Å². The average Bonchev–Trinajstić information content (AvgIpc) is 3.80. The molecular weight excluding hydrogens is 837 g/mol. The summed E-state index contributed by atoms with van der Waals surface area (Å²) in [4.78, 5) is 97.2. The van der Waals surface area contributed by atoms with E-state index in [0.717, 1.165) is 22.7 Å². The summed E-state index contributed by atoms with van der Waals surface area (Å²) in [5.74, 6) is -2.91. The van der Waals surface area contributed by atoms with Gasteiger partial charge in [-0.15, -0.1) is 11.3 Å². The molecular formula is C43H66N8O9S2. The Morgan fingerprint density at radius 3 is 2.45 bits per heavy atom. The van der Waals surface area contributed by atoms with E-state index in [1.165, 1.54) is 13.0 Å². The van der Waals surface area contributed by atoms with Crippen LogP contribution in [0.3, 0.4) is 0 Å². The molecule has 17 nitrogen and oxygen atoms in total. The van der Waals surface area contributed by atoms with Gasteiger partial charge in [-0.2, -0.15) is 12.6 Å². The van der Waals surface area contributed by atoms with Gasteiger partial charge in [-0.05, 0) is 48.8 Å². The normalized spacial score (nSPS) is 16.4. The molecule has 0 radical (unpaired) electrons. The molecule has 1 aliphatic heterocycles. The SMILES string of the molecule is CC[C@H](C)CC(=O)N(C)C(C[C@@H](OC(C)=O)c1nc(C(=O)N[C@@H](Cc2ccc(O)c(NC(=O)CCCN3C(=O)CC(S)C3=O)c2)CC(C)C(=O)NCCNCCN)cs1)C(C)C. The number of aromatic nitrogens is 1. The van der Waals surface area contributed by atoms with E-state index >= 15 is 0 Å². The van der Waals surface area contributed by atoms with Crippen LogP contribution in [-0.4, -0.2) is 118 Å². The molecule has 1 fully saturated rings. The number of imide groups is 1. The quantitative estimate of drug-likeness (QED) is 0.0236. The van der Waals surface area contributed by atoms with Crippen LogP contribution in [0.25, 0.3) is 0 Å². The number of esters is 1. The molecule has 1 aromatic carbocycles. The maximum Gasteiger partial charge on any atom is 0.303 e. The second-order valence-electron chi connectivity index (χ2n) is 16.4. The third-order valence-electron chi connectivity index (χ3n) is 10.8. The third-order valence-corrected chi connectivity index (χ3v) is 12.2. The molecule has 3 unspecified atom stereocenters. The highest BCUT2D eigenvalue weighted by Crippen LogP contribution is 2.31. The van der Waals surface area contributed by atoms with E-state index in [4.69, 9.17) is 10.5 Å². The van der Waals surface area contributed by atoms with Gasteiger partial charge in [0.05, 0.1) is 10.9 Å². The number of aromatic hydroxyl groups is 1. The molecule has 7 N–H and O–H groups in total. The van der Waals surface area contributed by atoms with Crippen molar-refractivity contribution in [1.29, 1.82) is 0 Å². The Hall–Kier alpha value is -4.59. The van der Waals surface area contributed by atoms with Crippen LogP contribution < -0.4 is 27.0 Å².